The van der Waals surface area contributed by atoms with E-state index in [-0.39, 0.29) is 6.10 Å². The second kappa shape index (κ2) is 6.66. The van der Waals surface area contributed by atoms with Gasteiger partial charge in [-0.05, 0) is 30.4 Å². The zero-order valence-electron chi connectivity index (χ0n) is 11.6. The third kappa shape index (κ3) is 4.03. The van der Waals surface area contributed by atoms with Gasteiger partial charge in [-0.1, -0.05) is 42.5 Å². The third-order valence-corrected chi connectivity index (χ3v) is 3.15. The molecule has 1 atom stereocenters. The number of aliphatic hydroxyl groups is 1. The Bertz CT molecular complexity index is 520. The van der Waals surface area contributed by atoms with Gasteiger partial charge < -0.3 is 15.3 Å². The van der Waals surface area contributed by atoms with Crippen molar-refractivity contribution in [2.24, 2.45) is 0 Å². The van der Waals surface area contributed by atoms with Gasteiger partial charge >= 0.3 is 0 Å². The van der Waals surface area contributed by atoms with Crippen molar-refractivity contribution < 1.29 is 5.11 Å². The minimum Gasteiger partial charge on any atom is -0.390 e. The Labute approximate surface area is 114 Å². The Kier molecular flexibility index (Phi) is 4.91. The smallest absolute Gasteiger partial charge is 0.0791 e. The molecule has 0 bridgehead atoms. The largest absolute Gasteiger partial charge is 0.390 e. The number of likely N-dealkylation sites (N-methyl/N-ethyl adjacent to an activating group) is 1. The van der Waals surface area contributed by atoms with E-state index in [9.17, 15) is 5.11 Å². The van der Waals surface area contributed by atoms with Crippen molar-refractivity contribution in [3.8, 4) is 0 Å². The third-order valence-electron chi connectivity index (χ3n) is 3.15. The highest BCUT2D eigenvalue weighted by Gasteiger charge is 2.05. The normalized spacial score (nSPS) is 13.1. The van der Waals surface area contributed by atoms with Crippen LogP contribution in [0.3, 0.4) is 0 Å². The Morgan fingerprint density at radius 3 is 2.63 bits per heavy atom. The van der Waals surface area contributed by atoms with Gasteiger partial charge in [-0.15, -0.1) is 0 Å². The first-order valence-corrected chi connectivity index (χ1v) is 6.67. The quantitative estimate of drug-likeness (QED) is 0.830. The average molecular weight is 258 g/mol. The molecule has 2 aromatic rings. The summed E-state index contributed by atoms with van der Waals surface area (Å²) in [5.41, 5.74) is 1.27. The first-order valence-electron chi connectivity index (χ1n) is 6.67. The van der Waals surface area contributed by atoms with Gasteiger partial charge in [0, 0.05) is 19.6 Å². The fourth-order valence-corrected chi connectivity index (χ4v) is 2.31. The van der Waals surface area contributed by atoms with Crippen LogP contribution in [0, 0.1) is 0 Å². The molecular formula is C16H22N2O. The van der Waals surface area contributed by atoms with Crippen molar-refractivity contribution in [2.45, 2.75) is 12.6 Å². The maximum Gasteiger partial charge on any atom is 0.0791 e. The summed E-state index contributed by atoms with van der Waals surface area (Å²) in [7, 11) is 3.93. The van der Waals surface area contributed by atoms with Gasteiger partial charge in [0.25, 0.3) is 0 Å². The molecule has 0 aliphatic rings. The summed E-state index contributed by atoms with van der Waals surface area (Å²) in [6, 6.07) is 14.7. The van der Waals surface area contributed by atoms with Gasteiger partial charge in [0.15, 0.2) is 0 Å². The Balaban J connectivity index is 1.95. The average Bonchev–Trinajstić information content (AvgIpc) is 2.38. The lowest BCUT2D eigenvalue weighted by Gasteiger charge is -2.16. The molecule has 2 rings (SSSR count). The molecule has 2 N–H and O–H groups in total. The number of fused-ring (bicyclic) bond motifs is 1. The molecule has 3 nitrogen and oxygen atoms in total. The number of hydrogen-bond acceptors (Lipinski definition) is 3. The van der Waals surface area contributed by atoms with Gasteiger partial charge in [-0.2, -0.15) is 0 Å². The van der Waals surface area contributed by atoms with E-state index in [1.807, 2.05) is 19.0 Å². The van der Waals surface area contributed by atoms with E-state index in [1.54, 1.807) is 0 Å². The fraction of sp³-hybridized carbons (Fsp3) is 0.375. The lowest BCUT2D eigenvalue weighted by Crippen LogP contribution is -2.34. The minimum atomic E-state index is -0.329. The van der Waals surface area contributed by atoms with Crippen LogP contribution in [0.4, 0.5) is 0 Å². The Morgan fingerprint density at radius 2 is 1.84 bits per heavy atom. The Morgan fingerprint density at radius 1 is 1.11 bits per heavy atom. The van der Waals surface area contributed by atoms with Crippen LogP contribution in [0.5, 0.6) is 0 Å². The van der Waals surface area contributed by atoms with E-state index in [4.69, 9.17) is 0 Å². The van der Waals surface area contributed by atoms with E-state index in [1.165, 1.54) is 16.3 Å². The minimum absolute atomic E-state index is 0.329. The molecule has 19 heavy (non-hydrogen) atoms. The number of aliphatic hydroxyl groups excluding tert-OH is 1. The molecule has 0 aromatic heterocycles. The summed E-state index contributed by atoms with van der Waals surface area (Å²) in [5, 5.41) is 15.7. The molecule has 0 fully saturated rings. The number of hydrogen-bond donors (Lipinski definition) is 2. The molecule has 3 heteroatoms. The summed E-state index contributed by atoms with van der Waals surface area (Å²) in [6.45, 7) is 2.08. The molecule has 0 aliphatic carbocycles. The second-order valence-corrected chi connectivity index (χ2v) is 5.19. The molecule has 0 aliphatic heterocycles. The highest BCUT2D eigenvalue weighted by Crippen LogP contribution is 2.18. The molecule has 0 radical (unpaired) electrons. The first kappa shape index (κ1) is 14.0. The van der Waals surface area contributed by atoms with Crippen LogP contribution in [-0.2, 0) is 6.54 Å². The van der Waals surface area contributed by atoms with Gasteiger partial charge in [0.2, 0.25) is 0 Å². The molecule has 0 amide bonds. The molecule has 0 saturated heterocycles. The van der Waals surface area contributed by atoms with Gasteiger partial charge in [-0.3, -0.25) is 0 Å². The summed E-state index contributed by atoms with van der Waals surface area (Å²) in [6.07, 6.45) is -0.329. The van der Waals surface area contributed by atoms with Crippen molar-refractivity contribution in [2.75, 3.05) is 27.2 Å². The van der Waals surface area contributed by atoms with E-state index < -0.39 is 0 Å². The number of nitrogens with one attached hydrogen (secondary N) is 1. The standard InChI is InChI=1S/C16H22N2O/c1-18(2)12-15(19)11-17-10-14-8-5-7-13-6-3-4-9-16(13)14/h3-9,15,17,19H,10-12H2,1-2H3. The van der Waals surface area contributed by atoms with Gasteiger partial charge in [0.05, 0.1) is 6.10 Å². The summed E-state index contributed by atoms with van der Waals surface area (Å²) < 4.78 is 0. The molecule has 102 valence electrons. The Hall–Kier alpha value is -1.42. The number of benzene rings is 2. The van der Waals surface area contributed by atoms with Crippen LogP contribution in [0.15, 0.2) is 42.5 Å². The molecule has 0 spiro atoms. The maximum absolute atomic E-state index is 9.81. The van der Waals surface area contributed by atoms with E-state index in [0.717, 1.165) is 6.54 Å². The van der Waals surface area contributed by atoms with Crippen LogP contribution in [-0.4, -0.2) is 43.3 Å². The predicted molar refractivity (Wildman–Crippen MR) is 80.2 cm³/mol. The van der Waals surface area contributed by atoms with Crippen LogP contribution in [0.1, 0.15) is 5.56 Å². The monoisotopic (exact) mass is 258 g/mol. The van der Waals surface area contributed by atoms with E-state index >= 15 is 0 Å². The first-order chi connectivity index (χ1) is 9.16. The fourth-order valence-electron chi connectivity index (χ4n) is 2.31. The molecule has 0 saturated carbocycles. The summed E-state index contributed by atoms with van der Waals surface area (Å²) in [4.78, 5) is 1.99. The molecule has 2 aromatic carbocycles. The highest BCUT2D eigenvalue weighted by molar-refractivity contribution is 5.85. The molecular weight excluding hydrogens is 236 g/mol. The van der Waals surface area contributed by atoms with Crippen molar-refractivity contribution in [3.63, 3.8) is 0 Å². The van der Waals surface area contributed by atoms with Crippen LogP contribution < -0.4 is 5.32 Å². The van der Waals surface area contributed by atoms with Crippen LogP contribution in [0.2, 0.25) is 0 Å². The van der Waals surface area contributed by atoms with Crippen molar-refractivity contribution in [1.82, 2.24) is 10.2 Å². The van der Waals surface area contributed by atoms with Gasteiger partial charge in [0.1, 0.15) is 0 Å². The maximum atomic E-state index is 9.81. The summed E-state index contributed by atoms with van der Waals surface area (Å²) in [5.74, 6) is 0. The topological polar surface area (TPSA) is 35.5 Å². The van der Waals surface area contributed by atoms with Crippen LogP contribution >= 0.6 is 0 Å². The zero-order valence-corrected chi connectivity index (χ0v) is 11.6. The number of rotatable bonds is 6. The summed E-state index contributed by atoms with van der Waals surface area (Å²) >= 11 is 0. The van der Waals surface area contributed by atoms with Crippen LogP contribution in [0.25, 0.3) is 10.8 Å². The zero-order chi connectivity index (χ0) is 13.7. The second-order valence-electron chi connectivity index (χ2n) is 5.19. The van der Waals surface area contributed by atoms with Crippen molar-refractivity contribution >= 4 is 10.8 Å². The predicted octanol–water partition coefficient (Wildman–Crippen LogP) is 1.85. The van der Waals surface area contributed by atoms with Crippen molar-refractivity contribution in [3.05, 3.63) is 48.0 Å². The lowest BCUT2D eigenvalue weighted by atomic mass is 10.0. The number of nitrogens with zero attached hydrogens (tertiary/aromatic N) is 1. The lowest BCUT2D eigenvalue weighted by molar-refractivity contribution is 0.134. The SMILES string of the molecule is CN(C)CC(O)CNCc1cccc2ccccc12. The van der Waals surface area contributed by atoms with E-state index in [2.05, 4.69) is 47.8 Å². The van der Waals surface area contributed by atoms with Gasteiger partial charge in [-0.25, -0.2) is 0 Å². The van der Waals surface area contributed by atoms with E-state index in [0.29, 0.717) is 13.1 Å². The highest BCUT2D eigenvalue weighted by atomic mass is 16.3. The van der Waals surface area contributed by atoms with Crippen molar-refractivity contribution in [1.29, 1.82) is 0 Å². The molecule has 1 unspecified atom stereocenters. The molecule has 0 heterocycles.